The van der Waals surface area contributed by atoms with Gasteiger partial charge in [0.25, 0.3) is 0 Å². The Morgan fingerprint density at radius 3 is 2.38 bits per heavy atom. The molecule has 0 heterocycles. The second-order valence-corrected chi connectivity index (χ2v) is 8.20. The second kappa shape index (κ2) is 6.91. The zero-order valence-electron chi connectivity index (χ0n) is 13.3. The highest BCUT2D eigenvalue weighted by Crippen LogP contribution is 2.25. The van der Waals surface area contributed by atoms with E-state index in [1.807, 2.05) is 42.5 Å². The minimum absolute atomic E-state index is 0.0588. The molecular formula is C18H21NO4S. The summed E-state index contributed by atoms with van der Waals surface area (Å²) in [6, 6.07) is 13.3. The highest BCUT2D eigenvalue weighted by Gasteiger charge is 2.28. The summed E-state index contributed by atoms with van der Waals surface area (Å²) in [5.41, 5.74) is 0.750. The Morgan fingerprint density at radius 1 is 1.04 bits per heavy atom. The Bertz CT molecular complexity index is 839. The van der Waals surface area contributed by atoms with Crippen molar-refractivity contribution in [1.82, 2.24) is 4.72 Å². The molecule has 1 aliphatic carbocycles. The van der Waals surface area contributed by atoms with Crippen molar-refractivity contribution in [2.75, 3.05) is 0 Å². The van der Waals surface area contributed by atoms with E-state index in [1.165, 1.54) is 0 Å². The zero-order chi connectivity index (χ0) is 17.2. The van der Waals surface area contributed by atoms with Crippen molar-refractivity contribution in [2.24, 2.45) is 5.92 Å². The highest BCUT2D eigenvalue weighted by atomic mass is 32.2. The monoisotopic (exact) mass is 347 g/mol. The van der Waals surface area contributed by atoms with Crippen LogP contribution >= 0.6 is 0 Å². The van der Waals surface area contributed by atoms with Crippen molar-refractivity contribution in [3.05, 3.63) is 48.0 Å². The summed E-state index contributed by atoms with van der Waals surface area (Å²) >= 11 is 0. The van der Waals surface area contributed by atoms with Crippen molar-refractivity contribution in [3.63, 3.8) is 0 Å². The molecule has 2 aromatic carbocycles. The molecule has 5 nitrogen and oxygen atoms in total. The predicted octanol–water partition coefficient (Wildman–Crippen LogP) is 2.90. The van der Waals surface area contributed by atoms with Crippen LogP contribution in [0.15, 0.2) is 42.5 Å². The van der Waals surface area contributed by atoms with Crippen molar-refractivity contribution in [1.29, 1.82) is 0 Å². The lowest BCUT2D eigenvalue weighted by Crippen LogP contribution is -2.39. The van der Waals surface area contributed by atoms with E-state index in [9.17, 15) is 13.2 Å². The quantitative estimate of drug-likeness (QED) is 0.871. The van der Waals surface area contributed by atoms with E-state index in [4.69, 9.17) is 5.11 Å². The predicted molar refractivity (Wildman–Crippen MR) is 93.1 cm³/mol. The minimum Gasteiger partial charge on any atom is -0.481 e. The fraction of sp³-hybridized carbons (Fsp3) is 0.389. The molecule has 1 saturated carbocycles. The lowest BCUT2D eigenvalue weighted by molar-refractivity contribution is -0.142. The molecular weight excluding hydrogens is 326 g/mol. The molecule has 0 aromatic heterocycles. The molecule has 0 amide bonds. The number of hydrogen-bond acceptors (Lipinski definition) is 3. The second-order valence-electron chi connectivity index (χ2n) is 6.45. The van der Waals surface area contributed by atoms with E-state index in [-0.39, 0.29) is 17.7 Å². The molecule has 0 radical (unpaired) electrons. The van der Waals surface area contributed by atoms with Gasteiger partial charge < -0.3 is 5.11 Å². The van der Waals surface area contributed by atoms with Crippen molar-refractivity contribution < 1.29 is 18.3 Å². The van der Waals surface area contributed by atoms with Gasteiger partial charge in [-0.1, -0.05) is 42.5 Å². The maximum absolute atomic E-state index is 12.4. The van der Waals surface area contributed by atoms with Crippen LogP contribution in [0, 0.1) is 5.92 Å². The highest BCUT2D eigenvalue weighted by molar-refractivity contribution is 7.88. The fourth-order valence-corrected chi connectivity index (χ4v) is 4.75. The van der Waals surface area contributed by atoms with Crippen molar-refractivity contribution >= 4 is 26.8 Å². The number of nitrogens with one attached hydrogen (secondary N) is 1. The number of hydrogen-bond donors (Lipinski definition) is 2. The summed E-state index contributed by atoms with van der Waals surface area (Å²) in [6.07, 6.45) is 2.21. The summed E-state index contributed by atoms with van der Waals surface area (Å²) in [7, 11) is -3.44. The Labute approximate surface area is 141 Å². The molecule has 1 fully saturated rings. The maximum Gasteiger partial charge on any atom is 0.306 e. The standard InChI is InChI=1S/C18H21NO4S/c20-18(21)15-7-9-17(10-8-15)19-24(22,23)12-13-5-6-14-3-1-2-4-16(14)11-13/h1-6,11,15,17,19H,7-10,12H2,(H,20,21). The van der Waals surface area contributed by atoms with Gasteiger partial charge in [-0.05, 0) is 42.0 Å². The summed E-state index contributed by atoms with van der Waals surface area (Å²) < 4.78 is 27.5. The molecule has 2 aromatic rings. The molecule has 0 spiro atoms. The van der Waals surface area contributed by atoms with E-state index < -0.39 is 16.0 Å². The third-order valence-corrected chi connectivity index (χ3v) is 6.00. The average molecular weight is 347 g/mol. The third-order valence-electron chi connectivity index (χ3n) is 4.59. The molecule has 0 unspecified atom stereocenters. The minimum atomic E-state index is -3.44. The van der Waals surface area contributed by atoms with Crippen molar-refractivity contribution in [3.8, 4) is 0 Å². The molecule has 0 aliphatic heterocycles. The number of fused-ring (bicyclic) bond motifs is 1. The van der Waals surface area contributed by atoms with E-state index in [0.29, 0.717) is 25.7 Å². The van der Waals surface area contributed by atoms with Crippen LogP contribution in [0.2, 0.25) is 0 Å². The van der Waals surface area contributed by atoms with E-state index >= 15 is 0 Å². The number of carboxylic acid groups (broad SMARTS) is 1. The lowest BCUT2D eigenvalue weighted by Gasteiger charge is -2.26. The average Bonchev–Trinajstić information content (AvgIpc) is 2.54. The van der Waals surface area contributed by atoms with Gasteiger partial charge in [-0.2, -0.15) is 0 Å². The first kappa shape index (κ1) is 16.9. The van der Waals surface area contributed by atoms with Crippen molar-refractivity contribution in [2.45, 2.75) is 37.5 Å². The molecule has 3 rings (SSSR count). The molecule has 6 heteroatoms. The number of carbonyl (C=O) groups is 1. The number of carboxylic acids is 1. The van der Waals surface area contributed by atoms with E-state index in [1.54, 1.807) is 0 Å². The third kappa shape index (κ3) is 4.13. The first-order valence-corrected chi connectivity index (χ1v) is 9.79. The van der Waals surface area contributed by atoms with Crippen LogP contribution in [0.25, 0.3) is 10.8 Å². The Kier molecular flexibility index (Phi) is 4.87. The summed E-state index contributed by atoms with van der Waals surface area (Å²) in [5, 5.41) is 11.1. The Hall–Kier alpha value is -1.92. The number of rotatable bonds is 5. The number of sulfonamides is 1. The van der Waals surface area contributed by atoms with Crippen LogP contribution in [0.1, 0.15) is 31.2 Å². The molecule has 128 valence electrons. The van der Waals surface area contributed by atoms with Gasteiger partial charge in [-0.25, -0.2) is 13.1 Å². The zero-order valence-corrected chi connectivity index (χ0v) is 14.1. The Balaban J connectivity index is 1.64. The molecule has 0 atom stereocenters. The molecule has 24 heavy (non-hydrogen) atoms. The number of benzene rings is 2. The van der Waals surface area contributed by atoms with Crippen LogP contribution in [-0.4, -0.2) is 25.5 Å². The van der Waals surface area contributed by atoms with Crippen LogP contribution in [-0.2, 0) is 20.6 Å². The maximum atomic E-state index is 12.4. The van der Waals surface area contributed by atoms with Crippen LogP contribution < -0.4 is 4.72 Å². The lowest BCUT2D eigenvalue weighted by atomic mass is 9.87. The van der Waals surface area contributed by atoms with Gasteiger partial charge in [0.1, 0.15) is 0 Å². The van der Waals surface area contributed by atoms with Gasteiger partial charge in [-0.3, -0.25) is 4.79 Å². The molecule has 0 saturated heterocycles. The molecule has 2 N–H and O–H groups in total. The van der Waals surface area contributed by atoms with Crippen LogP contribution in [0.4, 0.5) is 0 Å². The number of aliphatic carboxylic acids is 1. The topological polar surface area (TPSA) is 83.5 Å². The van der Waals surface area contributed by atoms with Gasteiger partial charge >= 0.3 is 5.97 Å². The van der Waals surface area contributed by atoms with E-state index in [0.717, 1.165) is 16.3 Å². The van der Waals surface area contributed by atoms with Gasteiger partial charge in [0.05, 0.1) is 11.7 Å². The SMILES string of the molecule is O=C(O)C1CCC(NS(=O)(=O)Cc2ccc3ccccc3c2)CC1. The van der Waals surface area contributed by atoms with Gasteiger partial charge in [-0.15, -0.1) is 0 Å². The fourth-order valence-electron chi connectivity index (χ4n) is 3.30. The first-order chi connectivity index (χ1) is 11.4. The first-order valence-electron chi connectivity index (χ1n) is 8.13. The van der Waals surface area contributed by atoms with Gasteiger partial charge in [0.15, 0.2) is 0 Å². The smallest absolute Gasteiger partial charge is 0.306 e. The molecule has 0 bridgehead atoms. The molecule has 1 aliphatic rings. The summed E-state index contributed by atoms with van der Waals surface area (Å²) in [4.78, 5) is 11.0. The normalized spacial score (nSPS) is 21.7. The van der Waals surface area contributed by atoms with Gasteiger partial charge in [0, 0.05) is 6.04 Å². The summed E-state index contributed by atoms with van der Waals surface area (Å²) in [5.74, 6) is -1.19. The van der Waals surface area contributed by atoms with Crippen LogP contribution in [0.5, 0.6) is 0 Å². The summed E-state index contributed by atoms with van der Waals surface area (Å²) in [6.45, 7) is 0. The van der Waals surface area contributed by atoms with E-state index in [2.05, 4.69) is 4.72 Å². The van der Waals surface area contributed by atoms with Gasteiger partial charge in [0.2, 0.25) is 10.0 Å². The Morgan fingerprint density at radius 2 is 1.71 bits per heavy atom. The van der Waals surface area contributed by atoms with Crippen LogP contribution in [0.3, 0.4) is 0 Å². The largest absolute Gasteiger partial charge is 0.481 e.